The number of nitro groups is 1. The Balaban J connectivity index is 2.31. The predicted molar refractivity (Wildman–Crippen MR) is 85.9 cm³/mol. The van der Waals surface area contributed by atoms with Crippen LogP contribution >= 0.6 is 0 Å². The van der Waals surface area contributed by atoms with E-state index in [4.69, 9.17) is 0 Å². The molecule has 0 aliphatic heterocycles. The summed E-state index contributed by atoms with van der Waals surface area (Å²) in [6.07, 6.45) is 2.37. The molecule has 2 rings (SSSR count). The molecule has 0 amide bonds. The maximum Gasteiger partial charge on any atom is 0.387 e. The molecule has 8 heteroatoms. The lowest BCUT2D eigenvalue weighted by Gasteiger charge is -2.09. The molecule has 0 atom stereocenters. The van der Waals surface area contributed by atoms with E-state index in [0.29, 0.717) is 11.1 Å². The minimum absolute atomic E-state index is 0.0511. The van der Waals surface area contributed by atoms with Gasteiger partial charge in [-0.3, -0.25) is 14.9 Å². The standard InChI is InChI=1S/C17H13F2NO5/c1-10-2-7-16(25-17(18)19)12(8-10)14(21)5-3-11-4-6-15(22)13(9-11)20(23)24/h2-9,17,22H,1H3/b5-3+. The van der Waals surface area contributed by atoms with Gasteiger partial charge in [-0.15, -0.1) is 0 Å². The molecule has 6 nitrogen and oxygen atoms in total. The van der Waals surface area contributed by atoms with Crippen molar-refractivity contribution in [2.24, 2.45) is 0 Å². The van der Waals surface area contributed by atoms with E-state index in [2.05, 4.69) is 4.74 Å². The van der Waals surface area contributed by atoms with E-state index in [-0.39, 0.29) is 11.3 Å². The van der Waals surface area contributed by atoms with Crippen LogP contribution in [0.1, 0.15) is 21.5 Å². The van der Waals surface area contributed by atoms with Gasteiger partial charge >= 0.3 is 12.3 Å². The fraction of sp³-hybridized carbons (Fsp3) is 0.118. The fourth-order valence-electron chi connectivity index (χ4n) is 2.09. The van der Waals surface area contributed by atoms with Crippen molar-refractivity contribution in [3.8, 4) is 11.5 Å². The molecule has 0 bridgehead atoms. The van der Waals surface area contributed by atoms with Crippen molar-refractivity contribution in [3.05, 3.63) is 69.3 Å². The van der Waals surface area contributed by atoms with Gasteiger partial charge in [-0.1, -0.05) is 23.8 Å². The van der Waals surface area contributed by atoms with Gasteiger partial charge in [0, 0.05) is 6.07 Å². The normalized spacial score (nSPS) is 11.0. The molecule has 25 heavy (non-hydrogen) atoms. The lowest BCUT2D eigenvalue weighted by atomic mass is 10.0. The van der Waals surface area contributed by atoms with E-state index in [1.807, 2.05) is 0 Å². The van der Waals surface area contributed by atoms with E-state index in [1.165, 1.54) is 30.3 Å². The predicted octanol–water partition coefficient (Wildman–Crippen LogP) is 4.11. The topological polar surface area (TPSA) is 89.7 Å². The second-order valence-corrected chi connectivity index (χ2v) is 5.08. The Kier molecular flexibility index (Phi) is 5.43. The summed E-state index contributed by atoms with van der Waals surface area (Å²) in [5, 5.41) is 20.2. The Morgan fingerprint density at radius 1 is 1.28 bits per heavy atom. The second kappa shape index (κ2) is 7.52. The minimum Gasteiger partial charge on any atom is -0.502 e. The van der Waals surface area contributed by atoms with E-state index in [0.717, 1.165) is 18.2 Å². The summed E-state index contributed by atoms with van der Waals surface area (Å²) in [4.78, 5) is 22.3. The summed E-state index contributed by atoms with van der Waals surface area (Å²) in [6.45, 7) is -1.38. The van der Waals surface area contributed by atoms with Crippen LogP contribution in [-0.2, 0) is 0 Å². The Morgan fingerprint density at radius 3 is 2.64 bits per heavy atom. The summed E-state index contributed by atoms with van der Waals surface area (Å²) in [5.41, 5.74) is 0.414. The first kappa shape index (κ1) is 18.1. The lowest BCUT2D eigenvalue weighted by Crippen LogP contribution is -2.07. The smallest absolute Gasteiger partial charge is 0.387 e. The summed E-state index contributed by atoms with van der Waals surface area (Å²) in [7, 11) is 0. The lowest BCUT2D eigenvalue weighted by molar-refractivity contribution is -0.385. The first-order valence-corrected chi connectivity index (χ1v) is 7.03. The van der Waals surface area contributed by atoms with Crippen LogP contribution in [0.2, 0.25) is 0 Å². The van der Waals surface area contributed by atoms with Crippen LogP contribution < -0.4 is 4.74 Å². The van der Waals surface area contributed by atoms with E-state index >= 15 is 0 Å². The maximum atomic E-state index is 12.4. The number of benzene rings is 2. The van der Waals surface area contributed by atoms with Gasteiger partial charge < -0.3 is 9.84 Å². The van der Waals surface area contributed by atoms with E-state index < -0.39 is 28.8 Å². The Morgan fingerprint density at radius 2 is 2.00 bits per heavy atom. The van der Waals surface area contributed by atoms with Crippen molar-refractivity contribution in [2.45, 2.75) is 13.5 Å². The number of nitro benzene ring substituents is 1. The molecule has 0 heterocycles. The van der Waals surface area contributed by atoms with Gasteiger partial charge in [-0.05, 0) is 36.8 Å². The molecule has 130 valence electrons. The molecule has 0 saturated heterocycles. The average molecular weight is 349 g/mol. The monoisotopic (exact) mass is 349 g/mol. The van der Waals surface area contributed by atoms with Crippen LogP contribution in [0.25, 0.3) is 6.08 Å². The van der Waals surface area contributed by atoms with Crippen molar-refractivity contribution in [3.63, 3.8) is 0 Å². The molecular formula is C17H13F2NO5. The van der Waals surface area contributed by atoms with Gasteiger partial charge in [-0.25, -0.2) is 0 Å². The number of phenols is 1. The first-order chi connectivity index (χ1) is 11.8. The van der Waals surface area contributed by atoms with Crippen LogP contribution in [0.15, 0.2) is 42.5 Å². The zero-order chi connectivity index (χ0) is 18.6. The molecule has 0 aliphatic rings. The highest BCUT2D eigenvalue weighted by molar-refractivity contribution is 6.08. The van der Waals surface area contributed by atoms with Crippen LogP contribution in [0.5, 0.6) is 11.5 Å². The van der Waals surface area contributed by atoms with Gasteiger partial charge in [-0.2, -0.15) is 8.78 Å². The Hall–Kier alpha value is -3.29. The molecule has 0 fully saturated rings. The molecule has 0 unspecified atom stereocenters. The number of ketones is 1. The second-order valence-electron chi connectivity index (χ2n) is 5.08. The number of aryl methyl sites for hydroxylation is 1. The van der Waals surface area contributed by atoms with Crippen LogP contribution in [0, 0.1) is 17.0 Å². The fourth-order valence-corrected chi connectivity index (χ4v) is 2.09. The summed E-state index contributed by atoms with van der Waals surface area (Å²) < 4.78 is 29.2. The van der Waals surface area contributed by atoms with E-state index in [1.54, 1.807) is 6.92 Å². The molecule has 2 aromatic carbocycles. The summed E-state index contributed by atoms with van der Waals surface area (Å²) >= 11 is 0. The van der Waals surface area contributed by atoms with Crippen LogP contribution in [0.4, 0.5) is 14.5 Å². The SMILES string of the molecule is Cc1ccc(OC(F)F)c(C(=O)/C=C/c2ccc(O)c([N+](=O)[O-])c2)c1. The third-order valence-corrected chi connectivity index (χ3v) is 3.24. The summed E-state index contributed by atoms with van der Waals surface area (Å²) in [5.74, 6) is -1.36. The van der Waals surface area contributed by atoms with Crippen molar-refractivity contribution in [1.29, 1.82) is 0 Å². The molecule has 1 N–H and O–H groups in total. The van der Waals surface area contributed by atoms with Crippen molar-refractivity contribution in [2.75, 3.05) is 0 Å². The van der Waals surface area contributed by atoms with Crippen molar-refractivity contribution >= 4 is 17.5 Å². The van der Waals surface area contributed by atoms with Gasteiger partial charge in [0.25, 0.3) is 0 Å². The van der Waals surface area contributed by atoms with E-state index in [9.17, 15) is 28.8 Å². The van der Waals surface area contributed by atoms with Crippen LogP contribution in [-0.4, -0.2) is 22.4 Å². The molecule has 2 aromatic rings. The number of allylic oxidation sites excluding steroid dienone is 1. The zero-order valence-corrected chi connectivity index (χ0v) is 13.0. The number of alkyl halides is 2. The highest BCUT2D eigenvalue weighted by Crippen LogP contribution is 2.27. The number of carbonyl (C=O) groups is 1. The third kappa shape index (κ3) is 4.60. The number of carbonyl (C=O) groups excluding carboxylic acids is 1. The zero-order valence-electron chi connectivity index (χ0n) is 13.0. The first-order valence-electron chi connectivity index (χ1n) is 7.03. The van der Waals surface area contributed by atoms with Crippen LogP contribution in [0.3, 0.4) is 0 Å². The number of hydrogen-bond acceptors (Lipinski definition) is 5. The minimum atomic E-state index is -3.07. The maximum absolute atomic E-state index is 12.4. The number of hydrogen-bond donors (Lipinski definition) is 1. The van der Waals surface area contributed by atoms with Crippen molar-refractivity contribution < 1.29 is 28.3 Å². The summed E-state index contributed by atoms with van der Waals surface area (Å²) in [6, 6.07) is 7.80. The third-order valence-electron chi connectivity index (χ3n) is 3.24. The molecule has 0 spiro atoms. The average Bonchev–Trinajstić information content (AvgIpc) is 2.54. The quantitative estimate of drug-likeness (QED) is 0.367. The molecule has 0 aliphatic carbocycles. The van der Waals surface area contributed by atoms with Gasteiger partial charge in [0.15, 0.2) is 11.5 Å². The van der Waals surface area contributed by atoms with Gasteiger partial charge in [0.05, 0.1) is 10.5 Å². The van der Waals surface area contributed by atoms with Crippen molar-refractivity contribution in [1.82, 2.24) is 0 Å². The molecule has 0 aromatic heterocycles. The number of phenolic OH excluding ortho intramolecular Hbond substituents is 1. The largest absolute Gasteiger partial charge is 0.502 e. The molecule has 0 radical (unpaired) electrons. The number of rotatable bonds is 6. The number of ether oxygens (including phenoxy) is 1. The Bertz CT molecular complexity index is 849. The highest BCUT2D eigenvalue weighted by Gasteiger charge is 2.15. The molecule has 0 saturated carbocycles. The number of halogens is 2. The highest BCUT2D eigenvalue weighted by atomic mass is 19.3. The van der Waals surface area contributed by atoms with Gasteiger partial charge in [0.1, 0.15) is 5.75 Å². The van der Waals surface area contributed by atoms with Gasteiger partial charge in [0.2, 0.25) is 0 Å². The number of nitrogens with zero attached hydrogens (tertiary/aromatic N) is 1. The Labute approximate surface area is 141 Å². The number of aromatic hydroxyl groups is 1. The molecular weight excluding hydrogens is 336 g/mol.